The lowest BCUT2D eigenvalue weighted by Crippen LogP contribution is -2.43. The molecule has 0 aromatic rings. The highest BCUT2D eigenvalue weighted by molar-refractivity contribution is 7.98. The van der Waals surface area contributed by atoms with Gasteiger partial charge in [-0.1, -0.05) is 6.92 Å². The van der Waals surface area contributed by atoms with Gasteiger partial charge in [-0.2, -0.15) is 11.8 Å². The second-order valence-electron chi connectivity index (χ2n) is 5.11. The van der Waals surface area contributed by atoms with Gasteiger partial charge in [0.15, 0.2) is 5.96 Å². The molecular weight excluding hydrogens is 268 g/mol. The lowest BCUT2D eigenvalue weighted by Gasteiger charge is -2.25. The number of guanidine groups is 1. The minimum absolute atomic E-state index is 0.605. The predicted octanol–water partition coefficient (Wildman–Crippen LogP) is 2.42. The Labute approximate surface area is 130 Å². The van der Waals surface area contributed by atoms with Gasteiger partial charge in [-0.05, 0) is 52.2 Å². The first-order valence-corrected chi connectivity index (χ1v) is 9.30. The molecule has 0 saturated carbocycles. The summed E-state index contributed by atoms with van der Waals surface area (Å²) in [5.41, 5.74) is 0. The summed E-state index contributed by atoms with van der Waals surface area (Å²) in [6.45, 7) is 13.7. The molecule has 0 aliphatic heterocycles. The number of hydrogen-bond acceptors (Lipinski definition) is 3. The number of likely N-dealkylation sites (N-methyl/N-ethyl adjacent to an activating group) is 1. The first-order chi connectivity index (χ1) is 9.65. The highest BCUT2D eigenvalue weighted by Gasteiger charge is 2.06. The lowest BCUT2D eigenvalue weighted by molar-refractivity contribution is 0.237. The van der Waals surface area contributed by atoms with Gasteiger partial charge in [-0.25, -0.2) is 0 Å². The van der Waals surface area contributed by atoms with E-state index in [2.05, 4.69) is 54.5 Å². The molecule has 2 N–H and O–H groups in total. The summed E-state index contributed by atoms with van der Waals surface area (Å²) in [6, 6.07) is 0.605. The molecule has 0 aromatic heterocycles. The Morgan fingerprint density at radius 2 is 1.95 bits per heavy atom. The average molecular weight is 303 g/mol. The second-order valence-corrected chi connectivity index (χ2v) is 6.10. The Hall–Kier alpha value is -0.420. The molecule has 0 heterocycles. The van der Waals surface area contributed by atoms with Crippen molar-refractivity contribution in [3.05, 3.63) is 0 Å². The van der Waals surface area contributed by atoms with Crippen molar-refractivity contribution in [2.45, 2.75) is 46.6 Å². The molecule has 0 amide bonds. The van der Waals surface area contributed by atoms with Gasteiger partial charge >= 0.3 is 0 Å². The molecule has 0 aromatic carbocycles. The third kappa shape index (κ3) is 10.4. The maximum atomic E-state index is 4.62. The zero-order valence-electron chi connectivity index (χ0n) is 14.0. The van der Waals surface area contributed by atoms with Crippen LogP contribution in [0, 0.1) is 0 Å². The van der Waals surface area contributed by atoms with Crippen LogP contribution in [0.2, 0.25) is 0 Å². The second kappa shape index (κ2) is 13.6. The molecule has 120 valence electrons. The molecule has 0 aliphatic carbocycles. The SMILES string of the molecule is CCNC(=NCCCCSC)NCCN(CC)C(C)C. The van der Waals surface area contributed by atoms with Crippen LogP contribution in [0.3, 0.4) is 0 Å². The van der Waals surface area contributed by atoms with E-state index in [1.165, 1.54) is 18.6 Å². The van der Waals surface area contributed by atoms with Crippen LogP contribution in [-0.2, 0) is 0 Å². The van der Waals surface area contributed by atoms with Gasteiger partial charge in [0.1, 0.15) is 0 Å². The zero-order valence-corrected chi connectivity index (χ0v) is 14.9. The molecule has 0 atom stereocenters. The summed E-state index contributed by atoms with van der Waals surface area (Å²) in [6.07, 6.45) is 4.58. The van der Waals surface area contributed by atoms with Crippen LogP contribution in [0.25, 0.3) is 0 Å². The van der Waals surface area contributed by atoms with Crippen LogP contribution in [-0.4, -0.2) is 61.6 Å². The van der Waals surface area contributed by atoms with Gasteiger partial charge in [0.25, 0.3) is 0 Å². The van der Waals surface area contributed by atoms with Crippen molar-refractivity contribution in [3.63, 3.8) is 0 Å². The van der Waals surface area contributed by atoms with Crippen molar-refractivity contribution in [2.24, 2.45) is 4.99 Å². The fraction of sp³-hybridized carbons (Fsp3) is 0.933. The van der Waals surface area contributed by atoms with E-state index in [9.17, 15) is 0 Å². The van der Waals surface area contributed by atoms with Crippen molar-refractivity contribution >= 4 is 17.7 Å². The van der Waals surface area contributed by atoms with Crippen LogP contribution < -0.4 is 10.6 Å². The number of nitrogens with one attached hydrogen (secondary N) is 2. The summed E-state index contributed by atoms with van der Waals surface area (Å²) >= 11 is 1.91. The number of nitrogens with zero attached hydrogens (tertiary/aromatic N) is 2. The standard InChI is InChI=1S/C15H34N4S/c1-6-16-15(17-10-8-9-13-20-5)18-11-12-19(7-2)14(3)4/h14H,6-13H2,1-5H3,(H2,16,17,18). The molecule has 0 spiro atoms. The van der Waals surface area contributed by atoms with Crippen molar-refractivity contribution in [3.8, 4) is 0 Å². The van der Waals surface area contributed by atoms with E-state index in [4.69, 9.17) is 0 Å². The van der Waals surface area contributed by atoms with Crippen LogP contribution in [0.5, 0.6) is 0 Å². The van der Waals surface area contributed by atoms with E-state index >= 15 is 0 Å². The van der Waals surface area contributed by atoms with Gasteiger partial charge in [0, 0.05) is 32.2 Å². The lowest BCUT2D eigenvalue weighted by atomic mass is 10.3. The van der Waals surface area contributed by atoms with Gasteiger partial charge < -0.3 is 10.6 Å². The fourth-order valence-corrected chi connectivity index (χ4v) is 2.48. The van der Waals surface area contributed by atoms with Crippen molar-refractivity contribution in [1.82, 2.24) is 15.5 Å². The first kappa shape index (κ1) is 19.6. The maximum Gasteiger partial charge on any atom is 0.191 e. The van der Waals surface area contributed by atoms with E-state index in [-0.39, 0.29) is 0 Å². The Kier molecular flexibility index (Phi) is 13.3. The van der Waals surface area contributed by atoms with E-state index < -0.39 is 0 Å². The van der Waals surface area contributed by atoms with E-state index in [0.717, 1.165) is 38.7 Å². The Balaban J connectivity index is 3.97. The van der Waals surface area contributed by atoms with Gasteiger partial charge in [0.05, 0.1) is 0 Å². The summed E-state index contributed by atoms with van der Waals surface area (Å²) in [7, 11) is 0. The molecule has 0 bridgehead atoms. The van der Waals surface area contributed by atoms with E-state index in [0.29, 0.717) is 6.04 Å². The Bertz CT molecular complexity index is 244. The molecule has 0 unspecified atom stereocenters. The topological polar surface area (TPSA) is 39.7 Å². The predicted molar refractivity (Wildman–Crippen MR) is 94.0 cm³/mol. The monoisotopic (exact) mass is 302 g/mol. The smallest absolute Gasteiger partial charge is 0.191 e. The highest BCUT2D eigenvalue weighted by Crippen LogP contribution is 1.99. The molecule has 0 saturated heterocycles. The molecule has 0 radical (unpaired) electrons. The molecule has 5 heteroatoms. The van der Waals surface area contributed by atoms with Gasteiger partial charge in [0.2, 0.25) is 0 Å². The summed E-state index contributed by atoms with van der Waals surface area (Å²) in [5.74, 6) is 2.19. The van der Waals surface area contributed by atoms with Gasteiger partial charge in [-0.15, -0.1) is 0 Å². The fourth-order valence-electron chi connectivity index (χ4n) is 1.99. The molecule has 4 nitrogen and oxygen atoms in total. The largest absolute Gasteiger partial charge is 0.357 e. The number of unbranched alkanes of at least 4 members (excludes halogenated alkanes) is 1. The first-order valence-electron chi connectivity index (χ1n) is 7.90. The summed E-state index contributed by atoms with van der Waals surface area (Å²) in [5, 5.41) is 6.73. The molecule has 0 fully saturated rings. The van der Waals surface area contributed by atoms with Crippen LogP contribution in [0.4, 0.5) is 0 Å². The number of aliphatic imine (C=N–C) groups is 1. The Morgan fingerprint density at radius 3 is 2.50 bits per heavy atom. The minimum atomic E-state index is 0.605. The molecular formula is C15H34N4S. The van der Waals surface area contributed by atoms with Crippen molar-refractivity contribution in [2.75, 3.05) is 44.7 Å². The minimum Gasteiger partial charge on any atom is -0.357 e. The van der Waals surface area contributed by atoms with E-state index in [1.807, 2.05) is 11.8 Å². The maximum absolute atomic E-state index is 4.62. The zero-order chi connectivity index (χ0) is 15.2. The van der Waals surface area contributed by atoms with Crippen LogP contribution in [0.15, 0.2) is 4.99 Å². The van der Waals surface area contributed by atoms with Crippen molar-refractivity contribution < 1.29 is 0 Å². The molecule has 0 rings (SSSR count). The third-order valence-electron chi connectivity index (χ3n) is 3.20. The number of hydrogen-bond donors (Lipinski definition) is 2. The summed E-state index contributed by atoms with van der Waals surface area (Å²) < 4.78 is 0. The average Bonchev–Trinajstić information content (AvgIpc) is 2.42. The number of rotatable bonds is 11. The quantitative estimate of drug-likeness (QED) is 0.349. The van der Waals surface area contributed by atoms with E-state index in [1.54, 1.807) is 0 Å². The van der Waals surface area contributed by atoms with Crippen LogP contribution >= 0.6 is 11.8 Å². The third-order valence-corrected chi connectivity index (χ3v) is 3.90. The van der Waals surface area contributed by atoms with Gasteiger partial charge in [-0.3, -0.25) is 9.89 Å². The summed E-state index contributed by atoms with van der Waals surface area (Å²) in [4.78, 5) is 7.07. The van der Waals surface area contributed by atoms with Crippen molar-refractivity contribution in [1.29, 1.82) is 0 Å². The molecule has 0 aliphatic rings. The normalized spacial score (nSPS) is 12.2. The Morgan fingerprint density at radius 1 is 1.20 bits per heavy atom. The molecule has 20 heavy (non-hydrogen) atoms. The van der Waals surface area contributed by atoms with Crippen LogP contribution in [0.1, 0.15) is 40.5 Å². The number of thioether (sulfide) groups is 1. The highest BCUT2D eigenvalue weighted by atomic mass is 32.2.